The summed E-state index contributed by atoms with van der Waals surface area (Å²) in [6, 6.07) is 13.9. The molecule has 108 valence electrons. The molecule has 0 aliphatic carbocycles. The van der Waals surface area contributed by atoms with Crippen LogP contribution in [0.4, 0.5) is 10.1 Å². The molecule has 2 N–H and O–H groups in total. The summed E-state index contributed by atoms with van der Waals surface area (Å²) in [5, 5.41) is 0.654. The van der Waals surface area contributed by atoms with E-state index in [-0.39, 0.29) is 5.82 Å². The highest BCUT2D eigenvalue weighted by atomic mass is 35.5. The van der Waals surface area contributed by atoms with Crippen molar-refractivity contribution in [3.63, 3.8) is 0 Å². The largest absolute Gasteiger partial charge is 0.369 e. The van der Waals surface area contributed by atoms with Crippen molar-refractivity contribution >= 4 is 23.2 Å². The van der Waals surface area contributed by atoms with Crippen molar-refractivity contribution in [1.82, 2.24) is 0 Å². The van der Waals surface area contributed by atoms with Crippen LogP contribution in [0.1, 0.15) is 12.5 Å². The Morgan fingerprint density at radius 1 is 1.24 bits per heavy atom. The van der Waals surface area contributed by atoms with Gasteiger partial charge in [-0.3, -0.25) is 4.99 Å². The zero-order chi connectivity index (χ0) is 15.0. The molecule has 1 aliphatic rings. The Bertz CT molecular complexity index is 699. The third-order valence-electron chi connectivity index (χ3n) is 3.80. The zero-order valence-corrected chi connectivity index (χ0v) is 12.3. The van der Waals surface area contributed by atoms with Crippen molar-refractivity contribution in [2.45, 2.75) is 12.5 Å². The van der Waals surface area contributed by atoms with Crippen molar-refractivity contribution in [1.29, 1.82) is 0 Å². The van der Waals surface area contributed by atoms with Crippen molar-refractivity contribution in [3.05, 3.63) is 64.9 Å². The number of guanidine groups is 1. The summed E-state index contributed by atoms with van der Waals surface area (Å²) in [6.45, 7) is 2.48. The molecule has 1 unspecified atom stereocenters. The van der Waals surface area contributed by atoms with Crippen LogP contribution in [0, 0.1) is 5.82 Å². The molecule has 0 saturated carbocycles. The third-order valence-corrected chi connectivity index (χ3v) is 4.05. The molecule has 0 saturated heterocycles. The van der Waals surface area contributed by atoms with Gasteiger partial charge in [-0.25, -0.2) is 4.39 Å². The molecule has 0 aromatic heterocycles. The van der Waals surface area contributed by atoms with E-state index in [4.69, 9.17) is 17.3 Å². The molecule has 2 aromatic carbocycles. The number of hydrogen-bond donors (Lipinski definition) is 1. The minimum absolute atomic E-state index is 0.268. The van der Waals surface area contributed by atoms with E-state index < -0.39 is 5.54 Å². The van der Waals surface area contributed by atoms with E-state index in [1.807, 2.05) is 30.0 Å². The summed E-state index contributed by atoms with van der Waals surface area (Å²) in [5.41, 5.74) is 7.25. The topological polar surface area (TPSA) is 41.6 Å². The summed E-state index contributed by atoms with van der Waals surface area (Å²) >= 11 is 5.93. The van der Waals surface area contributed by atoms with Crippen LogP contribution in [0.25, 0.3) is 0 Å². The van der Waals surface area contributed by atoms with Crippen molar-refractivity contribution in [2.75, 3.05) is 11.4 Å². The highest BCUT2D eigenvalue weighted by Gasteiger charge is 2.40. The van der Waals surface area contributed by atoms with E-state index in [0.29, 0.717) is 17.5 Å². The lowest BCUT2D eigenvalue weighted by molar-refractivity contribution is 0.525. The van der Waals surface area contributed by atoms with Gasteiger partial charge >= 0.3 is 0 Å². The van der Waals surface area contributed by atoms with Crippen LogP contribution in [0.5, 0.6) is 0 Å². The first-order valence-electron chi connectivity index (χ1n) is 6.62. The molecule has 1 atom stereocenters. The Kier molecular flexibility index (Phi) is 3.33. The fourth-order valence-corrected chi connectivity index (χ4v) is 2.81. The van der Waals surface area contributed by atoms with E-state index in [9.17, 15) is 4.39 Å². The quantitative estimate of drug-likeness (QED) is 0.922. The Morgan fingerprint density at radius 2 is 1.95 bits per heavy atom. The minimum atomic E-state index is -0.514. The van der Waals surface area contributed by atoms with Crippen molar-refractivity contribution in [3.8, 4) is 0 Å². The predicted octanol–water partition coefficient (Wildman–Crippen LogP) is 3.53. The van der Waals surface area contributed by atoms with E-state index >= 15 is 0 Å². The second kappa shape index (κ2) is 5.04. The van der Waals surface area contributed by atoms with Crippen LogP contribution in [-0.4, -0.2) is 12.5 Å². The van der Waals surface area contributed by atoms with Gasteiger partial charge in [0.25, 0.3) is 0 Å². The summed E-state index contributed by atoms with van der Waals surface area (Å²) in [6.07, 6.45) is 0. The molecule has 0 amide bonds. The second-order valence-corrected chi connectivity index (χ2v) is 5.71. The van der Waals surface area contributed by atoms with Gasteiger partial charge in [-0.2, -0.15) is 0 Å². The Balaban J connectivity index is 2.07. The molecule has 3 rings (SSSR count). The molecule has 21 heavy (non-hydrogen) atoms. The summed E-state index contributed by atoms with van der Waals surface area (Å²) in [7, 11) is 0. The van der Waals surface area contributed by atoms with Crippen molar-refractivity contribution in [2.24, 2.45) is 10.7 Å². The SMILES string of the molecule is CC1(c2cccc(F)c2)CN=C(N)N1c1ccc(Cl)cc1. The number of halogens is 2. The van der Waals surface area contributed by atoms with Gasteiger partial charge < -0.3 is 10.6 Å². The van der Waals surface area contributed by atoms with Gasteiger partial charge in [0.2, 0.25) is 0 Å². The fraction of sp³-hybridized carbons (Fsp3) is 0.188. The van der Waals surface area contributed by atoms with E-state index in [1.54, 1.807) is 18.2 Å². The molecular weight excluding hydrogens is 289 g/mol. The number of nitrogens with zero attached hydrogens (tertiary/aromatic N) is 2. The number of aliphatic imine (C=N–C) groups is 1. The van der Waals surface area contributed by atoms with Gasteiger partial charge in [0.1, 0.15) is 5.82 Å². The number of anilines is 1. The van der Waals surface area contributed by atoms with Gasteiger partial charge in [-0.1, -0.05) is 23.7 Å². The molecule has 3 nitrogen and oxygen atoms in total. The smallest absolute Gasteiger partial charge is 0.196 e. The monoisotopic (exact) mass is 303 g/mol. The second-order valence-electron chi connectivity index (χ2n) is 5.27. The predicted molar refractivity (Wildman–Crippen MR) is 84.2 cm³/mol. The van der Waals surface area contributed by atoms with Crippen LogP contribution in [0.2, 0.25) is 5.02 Å². The average molecular weight is 304 g/mol. The molecule has 0 radical (unpaired) electrons. The Labute approximate surface area is 127 Å². The molecule has 0 fully saturated rings. The summed E-state index contributed by atoms with van der Waals surface area (Å²) in [4.78, 5) is 6.26. The van der Waals surface area contributed by atoms with Crippen LogP contribution >= 0.6 is 11.6 Å². The first-order chi connectivity index (χ1) is 10.0. The number of nitrogens with two attached hydrogens (primary N) is 1. The van der Waals surface area contributed by atoms with Gasteiger partial charge in [0.15, 0.2) is 5.96 Å². The third kappa shape index (κ3) is 2.36. The molecule has 1 heterocycles. The normalized spacial score (nSPS) is 21.5. The maximum absolute atomic E-state index is 13.6. The van der Waals surface area contributed by atoms with Gasteiger partial charge in [-0.05, 0) is 48.9 Å². The number of hydrogen-bond acceptors (Lipinski definition) is 3. The highest BCUT2D eigenvalue weighted by Crippen LogP contribution is 2.37. The molecule has 1 aliphatic heterocycles. The molecule has 0 bridgehead atoms. The minimum Gasteiger partial charge on any atom is -0.369 e. The lowest BCUT2D eigenvalue weighted by Crippen LogP contribution is -2.47. The summed E-state index contributed by atoms with van der Waals surface area (Å²) in [5.74, 6) is 0.152. The number of rotatable bonds is 2. The van der Waals surface area contributed by atoms with Crippen LogP contribution in [-0.2, 0) is 5.54 Å². The van der Waals surface area contributed by atoms with Crippen molar-refractivity contribution < 1.29 is 4.39 Å². The first kappa shape index (κ1) is 13.9. The Morgan fingerprint density at radius 3 is 2.62 bits per heavy atom. The van der Waals surface area contributed by atoms with E-state index in [1.165, 1.54) is 12.1 Å². The van der Waals surface area contributed by atoms with Crippen LogP contribution < -0.4 is 10.6 Å². The maximum atomic E-state index is 13.6. The van der Waals surface area contributed by atoms with E-state index in [2.05, 4.69) is 4.99 Å². The van der Waals surface area contributed by atoms with Gasteiger partial charge in [0, 0.05) is 10.7 Å². The molecule has 2 aromatic rings. The maximum Gasteiger partial charge on any atom is 0.196 e. The first-order valence-corrected chi connectivity index (χ1v) is 7.00. The molecular formula is C16H15ClFN3. The number of benzene rings is 2. The fourth-order valence-electron chi connectivity index (χ4n) is 2.68. The lowest BCUT2D eigenvalue weighted by Gasteiger charge is -2.36. The standard InChI is InChI=1S/C16H15ClFN3/c1-16(11-3-2-4-13(18)9-11)10-20-15(19)21(16)14-7-5-12(17)6-8-14/h2-9H,10H2,1H3,(H2,19,20). The Hall–Kier alpha value is -2.07. The zero-order valence-electron chi connectivity index (χ0n) is 11.6. The van der Waals surface area contributed by atoms with Crippen LogP contribution in [0.3, 0.4) is 0 Å². The lowest BCUT2D eigenvalue weighted by atomic mass is 9.90. The molecule has 0 spiro atoms. The summed E-state index contributed by atoms with van der Waals surface area (Å²) < 4.78 is 13.6. The van der Waals surface area contributed by atoms with Gasteiger partial charge in [0.05, 0.1) is 12.1 Å². The highest BCUT2D eigenvalue weighted by molar-refractivity contribution is 6.30. The van der Waals surface area contributed by atoms with Gasteiger partial charge in [-0.15, -0.1) is 0 Å². The average Bonchev–Trinajstić information content (AvgIpc) is 2.77. The van der Waals surface area contributed by atoms with Crippen LogP contribution in [0.15, 0.2) is 53.5 Å². The molecule has 5 heteroatoms. The van der Waals surface area contributed by atoms with E-state index in [0.717, 1.165) is 11.3 Å².